The minimum Gasteiger partial charge on any atom is -0.328 e. The predicted molar refractivity (Wildman–Crippen MR) is 53.7 cm³/mol. The fraction of sp³-hybridized carbons (Fsp3) is 0.500. The van der Waals surface area contributed by atoms with Crippen molar-refractivity contribution in [1.29, 1.82) is 0 Å². The lowest BCUT2D eigenvalue weighted by atomic mass is 10.1. The quantitative estimate of drug-likeness (QED) is 0.746. The average Bonchev–Trinajstić information content (AvgIpc) is 2.03. The third-order valence-corrected chi connectivity index (χ3v) is 1.99. The van der Waals surface area contributed by atoms with Crippen molar-refractivity contribution in [3.05, 3.63) is 34.2 Å². The Morgan fingerprint density at radius 3 is 2.77 bits per heavy atom. The maximum atomic E-state index is 11.4. The summed E-state index contributed by atoms with van der Waals surface area (Å²) < 4.78 is 1.75. The molecule has 0 bridgehead atoms. The summed E-state index contributed by atoms with van der Waals surface area (Å²) >= 11 is 0. The van der Waals surface area contributed by atoms with E-state index >= 15 is 0 Å². The highest BCUT2D eigenvalue weighted by Crippen LogP contribution is 1.99. The number of nitrogens with two attached hydrogens (primary N) is 1. The molecule has 0 radical (unpaired) electrons. The highest BCUT2D eigenvalue weighted by molar-refractivity contribution is 5.07. The maximum Gasteiger partial charge on any atom is 0.250 e. The summed E-state index contributed by atoms with van der Waals surface area (Å²) in [5.74, 6) is 0. The summed E-state index contributed by atoms with van der Waals surface area (Å²) in [4.78, 5) is 11.4. The van der Waals surface area contributed by atoms with Crippen LogP contribution in [0.4, 0.5) is 0 Å². The molecule has 1 aromatic rings. The monoisotopic (exact) mass is 180 g/mol. The zero-order valence-electron chi connectivity index (χ0n) is 8.16. The molecule has 0 aliphatic heterocycles. The fourth-order valence-electron chi connectivity index (χ4n) is 1.43. The smallest absolute Gasteiger partial charge is 0.250 e. The molecule has 1 unspecified atom stereocenters. The third kappa shape index (κ3) is 2.42. The van der Waals surface area contributed by atoms with Gasteiger partial charge in [0.2, 0.25) is 0 Å². The van der Waals surface area contributed by atoms with Crippen molar-refractivity contribution in [3.63, 3.8) is 0 Å². The highest BCUT2D eigenvalue weighted by Gasteiger charge is 2.03. The second kappa shape index (κ2) is 4.23. The molecule has 3 nitrogen and oxygen atoms in total. The third-order valence-electron chi connectivity index (χ3n) is 1.99. The highest BCUT2D eigenvalue weighted by atomic mass is 16.1. The van der Waals surface area contributed by atoms with Crippen molar-refractivity contribution in [2.75, 3.05) is 0 Å². The lowest BCUT2D eigenvalue weighted by molar-refractivity contribution is 0.629. The Labute approximate surface area is 78.2 Å². The van der Waals surface area contributed by atoms with E-state index in [0.29, 0.717) is 6.54 Å². The lowest BCUT2D eigenvalue weighted by Crippen LogP contribution is -2.26. The predicted octanol–water partition coefficient (Wildman–Crippen LogP) is 0.758. The summed E-state index contributed by atoms with van der Waals surface area (Å²) in [6, 6.07) is 5.41. The van der Waals surface area contributed by atoms with E-state index in [-0.39, 0.29) is 11.6 Å². The molecule has 2 N–H and O–H groups in total. The molecule has 0 saturated carbocycles. The zero-order valence-corrected chi connectivity index (χ0v) is 8.16. The van der Waals surface area contributed by atoms with Crippen molar-refractivity contribution in [2.24, 2.45) is 5.73 Å². The van der Waals surface area contributed by atoms with Gasteiger partial charge in [0.25, 0.3) is 5.56 Å². The Hall–Kier alpha value is -1.09. The first-order valence-electron chi connectivity index (χ1n) is 4.59. The maximum absolute atomic E-state index is 11.4. The van der Waals surface area contributed by atoms with Crippen LogP contribution in [0.25, 0.3) is 0 Å². The van der Waals surface area contributed by atoms with Gasteiger partial charge in [0.05, 0.1) is 0 Å². The van der Waals surface area contributed by atoms with Gasteiger partial charge in [0.15, 0.2) is 0 Å². The molecule has 1 rings (SSSR count). The van der Waals surface area contributed by atoms with Crippen LogP contribution in [0.5, 0.6) is 0 Å². The van der Waals surface area contributed by atoms with Crippen LogP contribution in [0.3, 0.4) is 0 Å². The van der Waals surface area contributed by atoms with Crippen LogP contribution in [0.2, 0.25) is 0 Å². The van der Waals surface area contributed by atoms with Crippen molar-refractivity contribution < 1.29 is 0 Å². The number of pyridine rings is 1. The largest absolute Gasteiger partial charge is 0.328 e. The molecule has 0 aromatic carbocycles. The molecule has 1 atom stereocenters. The molecule has 0 saturated heterocycles. The molecule has 0 amide bonds. The van der Waals surface area contributed by atoms with Gasteiger partial charge in [-0.2, -0.15) is 0 Å². The first-order chi connectivity index (χ1) is 6.15. The summed E-state index contributed by atoms with van der Waals surface area (Å²) in [6.45, 7) is 4.62. The van der Waals surface area contributed by atoms with Crippen molar-refractivity contribution in [3.8, 4) is 0 Å². The topological polar surface area (TPSA) is 48.0 Å². The van der Waals surface area contributed by atoms with Gasteiger partial charge in [-0.3, -0.25) is 4.79 Å². The minimum atomic E-state index is 0.0562. The van der Waals surface area contributed by atoms with E-state index < -0.39 is 0 Å². The summed E-state index contributed by atoms with van der Waals surface area (Å²) in [6.07, 6.45) is 0.754. The van der Waals surface area contributed by atoms with Crippen molar-refractivity contribution >= 4 is 0 Å². The van der Waals surface area contributed by atoms with Gasteiger partial charge in [-0.1, -0.05) is 6.07 Å². The Bertz CT molecular complexity index is 328. The average molecular weight is 180 g/mol. The van der Waals surface area contributed by atoms with E-state index in [1.807, 2.05) is 19.9 Å². The molecule has 0 aliphatic rings. The molecule has 3 heteroatoms. The van der Waals surface area contributed by atoms with Crippen LogP contribution in [0.15, 0.2) is 23.0 Å². The van der Waals surface area contributed by atoms with Gasteiger partial charge in [0, 0.05) is 30.8 Å². The molecule has 1 aromatic heterocycles. The molecule has 1 heterocycles. The van der Waals surface area contributed by atoms with Gasteiger partial charge in [-0.05, 0) is 19.9 Å². The summed E-state index contributed by atoms with van der Waals surface area (Å²) in [5, 5.41) is 0. The Kier molecular flexibility index (Phi) is 3.25. The standard InChI is InChI=1S/C10H16N2O/c1-3-12-9(7-8(2)11)5-4-6-10(12)13/h4-6,8H,3,7,11H2,1-2H3. The second-order valence-electron chi connectivity index (χ2n) is 3.28. The van der Waals surface area contributed by atoms with E-state index in [2.05, 4.69) is 0 Å². The van der Waals surface area contributed by atoms with Gasteiger partial charge in [-0.25, -0.2) is 0 Å². The first-order valence-corrected chi connectivity index (χ1v) is 4.59. The van der Waals surface area contributed by atoms with Gasteiger partial charge in [0.1, 0.15) is 0 Å². The molecular weight excluding hydrogens is 164 g/mol. The lowest BCUT2D eigenvalue weighted by Gasteiger charge is -2.11. The molecule has 13 heavy (non-hydrogen) atoms. The number of nitrogens with zero attached hydrogens (tertiary/aromatic N) is 1. The van der Waals surface area contributed by atoms with Gasteiger partial charge < -0.3 is 10.3 Å². The van der Waals surface area contributed by atoms with Gasteiger partial charge in [-0.15, -0.1) is 0 Å². The normalized spacial score (nSPS) is 12.8. The number of aromatic nitrogens is 1. The van der Waals surface area contributed by atoms with Crippen LogP contribution in [0, 0.1) is 0 Å². The molecule has 0 fully saturated rings. The van der Waals surface area contributed by atoms with E-state index in [1.54, 1.807) is 16.7 Å². The van der Waals surface area contributed by atoms with Crippen LogP contribution >= 0.6 is 0 Å². The number of rotatable bonds is 3. The molecule has 0 aliphatic carbocycles. The van der Waals surface area contributed by atoms with Crippen LogP contribution < -0.4 is 11.3 Å². The molecule has 72 valence electrons. The van der Waals surface area contributed by atoms with Crippen molar-refractivity contribution in [1.82, 2.24) is 4.57 Å². The molecular formula is C10H16N2O. The first kappa shape index (κ1) is 9.99. The Morgan fingerprint density at radius 2 is 2.23 bits per heavy atom. The van der Waals surface area contributed by atoms with Crippen molar-refractivity contribution in [2.45, 2.75) is 32.9 Å². The van der Waals surface area contributed by atoms with Gasteiger partial charge >= 0.3 is 0 Å². The zero-order chi connectivity index (χ0) is 9.84. The van der Waals surface area contributed by atoms with E-state index in [9.17, 15) is 4.79 Å². The summed E-state index contributed by atoms with van der Waals surface area (Å²) in [5.41, 5.74) is 6.76. The van der Waals surface area contributed by atoms with Crippen LogP contribution in [0.1, 0.15) is 19.5 Å². The molecule has 0 spiro atoms. The number of hydrogen-bond acceptors (Lipinski definition) is 2. The van der Waals surface area contributed by atoms with E-state index in [1.165, 1.54) is 0 Å². The Balaban J connectivity index is 3.05. The minimum absolute atomic E-state index is 0.0562. The number of hydrogen-bond donors (Lipinski definition) is 1. The van der Waals surface area contributed by atoms with E-state index in [0.717, 1.165) is 12.1 Å². The second-order valence-corrected chi connectivity index (χ2v) is 3.28. The van der Waals surface area contributed by atoms with E-state index in [4.69, 9.17) is 5.73 Å². The van der Waals surface area contributed by atoms with Crippen LogP contribution in [-0.2, 0) is 13.0 Å². The Morgan fingerprint density at radius 1 is 1.54 bits per heavy atom. The fourth-order valence-corrected chi connectivity index (χ4v) is 1.43. The van der Waals surface area contributed by atoms with Crippen LogP contribution in [-0.4, -0.2) is 10.6 Å². The summed E-state index contributed by atoms with van der Waals surface area (Å²) in [7, 11) is 0. The SMILES string of the molecule is CCn1c(CC(C)N)cccc1=O.